The molecule has 0 saturated carbocycles. The van der Waals surface area contributed by atoms with Crippen molar-refractivity contribution in [1.82, 2.24) is 5.32 Å². The Balaban J connectivity index is 4.63. The van der Waals surface area contributed by atoms with Crippen molar-refractivity contribution < 1.29 is 32.9 Å². The second kappa shape index (κ2) is 30.8. The molecule has 0 radical (unpaired) electrons. The number of nitrogens with zero attached hydrogens (tertiary/aromatic N) is 1. The fourth-order valence-electron chi connectivity index (χ4n) is 4.98. The molecular weight excluding hydrogens is 611 g/mol. The number of phosphoric ester groups is 1. The minimum absolute atomic E-state index is 0.0540. The van der Waals surface area contributed by atoms with E-state index in [1.807, 2.05) is 27.2 Å². The van der Waals surface area contributed by atoms with E-state index in [2.05, 4.69) is 43.5 Å². The normalized spacial score (nSPS) is 15.1. The number of hydrogen-bond acceptors (Lipinski definition) is 5. The first-order valence-electron chi connectivity index (χ1n) is 18.9. The van der Waals surface area contributed by atoms with Gasteiger partial charge in [-0.05, 0) is 51.4 Å². The van der Waals surface area contributed by atoms with Gasteiger partial charge in [0, 0.05) is 6.42 Å². The molecule has 0 bridgehead atoms. The van der Waals surface area contributed by atoms with Crippen molar-refractivity contribution in [2.75, 3.05) is 40.9 Å². The fraction of sp³-hybridized carbons (Fsp3) is 0.816. The minimum atomic E-state index is -4.34. The topological polar surface area (TPSA) is 105 Å². The van der Waals surface area contributed by atoms with E-state index >= 15 is 0 Å². The summed E-state index contributed by atoms with van der Waals surface area (Å²) in [4.78, 5) is 22.9. The van der Waals surface area contributed by atoms with E-state index in [1.165, 1.54) is 77.0 Å². The predicted molar refractivity (Wildman–Crippen MR) is 198 cm³/mol. The van der Waals surface area contributed by atoms with E-state index in [0.717, 1.165) is 51.4 Å². The molecule has 0 saturated heterocycles. The average Bonchev–Trinajstić information content (AvgIpc) is 3.01. The van der Waals surface area contributed by atoms with Crippen LogP contribution in [0.3, 0.4) is 0 Å². The molecule has 3 N–H and O–H groups in total. The molecule has 0 aliphatic heterocycles. The number of carbonyl (C=O) groups is 1. The smallest absolute Gasteiger partial charge is 0.387 e. The number of aliphatic hydroxyl groups excluding tert-OH is 1. The third-order valence-electron chi connectivity index (χ3n) is 8.08. The first-order valence-corrected chi connectivity index (χ1v) is 20.4. The Morgan fingerprint density at radius 3 is 1.77 bits per heavy atom. The van der Waals surface area contributed by atoms with Crippen molar-refractivity contribution >= 4 is 13.7 Å². The van der Waals surface area contributed by atoms with Crippen LogP contribution in [0.25, 0.3) is 0 Å². The number of aliphatic hydroxyl groups is 1. The predicted octanol–water partition coefficient (Wildman–Crippen LogP) is 9.57. The molecule has 0 aromatic rings. The van der Waals surface area contributed by atoms with Gasteiger partial charge in [0.05, 0.1) is 39.9 Å². The third-order valence-corrected chi connectivity index (χ3v) is 9.07. The SMILES string of the molecule is CCCC/C=C\CCCCCCCC(=O)NC(COP(=O)(O)OCC[N+](C)(C)C)C(O)/C=C/CC/C=C/CCCCCCCCCC. The summed E-state index contributed by atoms with van der Waals surface area (Å²) in [6, 6.07) is -0.863. The van der Waals surface area contributed by atoms with Gasteiger partial charge in [-0.3, -0.25) is 13.8 Å². The molecule has 0 aromatic carbocycles. The number of phosphoric acid groups is 1. The highest BCUT2D eigenvalue weighted by atomic mass is 31.2. The first kappa shape index (κ1) is 45.7. The van der Waals surface area contributed by atoms with Crippen LogP contribution in [0.15, 0.2) is 36.5 Å². The van der Waals surface area contributed by atoms with Crippen LogP contribution >= 0.6 is 7.82 Å². The summed E-state index contributed by atoms with van der Waals surface area (Å²) in [7, 11) is 1.54. The van der Waals surface area contributed by atoms with Crippen LogP contribution < -0.4 is 5.32 Å². The van der Waals surface area contributed by atoms with Crippen molar-refractivity contribution in [2.45, 2.75) is 161 Å². The zero-order chi connectivity index (χ0) is 35.1. The number of carbonyl (C=O) groups excluding carboxylic acids is 1. The van der Waals surface area contributed by atoms with Crippen molar-refractivity contribution in [1.29, 1.82) is 0 Å². The van der Waals surface area contributed by atoms with Gasteiger partial charge in [-0.15, -0.1) is 0 Å². The van der Waals surface area contributed by atoms with E-state index in [9.17, 15) is 19.4 Å². The van der Waals surface area contributed by atoms with Crippen LogP contribution in [0.4, 0.5) is 0 Å². The second-order valence-corrected chi connectivity index (χ2v) is 15.4. The van der Waals surface area contributed by atoms with Crippen LogP contribution in [0.1, 0.15) is 149 Å². The Labute approximate surface area is 289 Å². The number of unbranched alkanes of at least 4 members (excludes halogenated alkanes) is 16. The molecule has 0 aromatic heterocycles. The van der Waals surface area contributed by atoms with Crippen molar-refractivity contribution in [3.8, 4) is 0 Å². The van der Waals surface area contributed by atoms with E-state index in [4.69, 9.17) is 9.05 Å². The zero-order valence-electron chi connectivity index (χ0n) is 31.0. The molecule has 0 fully saturated rings. The highest BCUT2D eigenvalue weighted by Crippen LogP contribution is 2.43. The Bertz CT molecular complexity index is 871. The average molecular weight is 686 g/mol. The third kappa shape index (κ3) is 33.0. The van der Waals surface area contributed by atoms with E-state index < -0.39 is 20.0 Å². The maximum Gasteiger partial charge on any atom is 0.472 e. The van der Waals surface area contributed by atoms with Gasteiger partial charge in [-0.2, -0.15) is 0 Å². The lowest BCUT2D eigenvalue weighted by Crippen LogP contribution is -2.45. The van der Waals surface area contributed by atoms with Crippen LogP contribution in [-0.2, 0) is 18.4 Å². The number of quaternary nitrogens is 1. The van der Waals surface area contributed by atoms with Crippen LogP contribution in [0, 0.1) is 0 Å². The molecule has 9 heteroatoms. The number of allylic oxidation sites excluding steroid dienone is 5. The minimum Gasteiger partial charge on any atom is -0.387 e. The summed E-state index contributed by atoms with van der Waals surface area (Å²) in [6.45, 7) is 4.71. The molecule has 0 heterocycles. The summed E-state index contributed by atoms with van der Waals surface area (Å²) < 4.78 is 23.4. The standard InChI is InChI=1S/C38H73N2O6P/c1-6-8-10-12-14-16-18-19-20-22-23-25-27-29-31-37(41)36(35-46-47(43,44)45-34-33-40(3,4)5)39-38(42)32-30-28-26-24-21-17-15-13-11-9-7-2/h13,15,22-23,29,31,36-37,41H,6-12,14,16-21,24-28,30,32-35H2,1-5H3,(H-,39,42,43,44)/p+1/b15-13-,23-22+,31-29+. The van der Waals surface area contributed by atoms with Crippen LogP contribution in [0.2, 0.25) is 0 Å². The lowest BCUT2D eigenvalue weighted by atomic mass is 10.1. The first-order chi connectivity index (χ1) is 22.5. The van der Waals surface area contributed by atoms with Crippen LogP contribution in [-0.4, -0.2) is 73.4 Å². The van der Waals surface area contributed by atoms with E-state index in [-0.39, 0.29) is 19.1 Å². The maximum atomic E-state index is 12.7. The van der Waals surface area contributed by atoms with Gasteiger partial charge in [0.1, 0.15) is 13.2 Å². The lowest BCUT2D eigenvalue weighted by molar-refractivity contribution is -0.870. The van der Waals surface area contributed by atoms with Crippen molar-refractivity contribution in [3.05, 3.63) is 36.5 Å². The summed E-state index contributed by atoms with van der Waals surface area (Å²) in [6.07, 6.45) is 34.9. The molecule has 3 atom stereocenters. The highest BCUT2D eigenvalue weighted by Gasteiger charge is 2.27. The molecule has 1 amide bonds. The zero-order valence-corrected chi connectivity index (χ0v) is 31.9. The Hall–Kier alpha value is -1.28. The van der Waals surface area contributed by atoms with Gasteiger partial charge in [0.15, 0.2) is 0 Å². The van der Waals surface area contributed by atoms with E-state index in [1.54, 1.807) is 6.08 Å². The molecule has 0 aliphatic rings. The molecule has 276 valence electrons. The molecule has 47 heavy (non-hydrogen) atoms. The largest absolute Gasteiger partial charge is 0.472 e. The number of rotatable bonds is 33. The molecule has 0 aliphatic carbocycles. The Morgan fingerprint density at radius 2 is 1.19 bits per heavy atom. The van der Waals surface area contributed by atoms with Crippen molar-refractivity contribution in [2.24, 2.45) is 0 Å². The molecule has 3 unspecified atom stereocenters. The van der Waals surface area contributed by atoms with Gasteiger partial charge in [-0.1, -0.05) is 127 Å². The highest BCUT2D eigenvalue weighted by molar-refractivity contribution is 7.47. The number of nitrogens with one attached hydrogen (secondary N) is 1. The molecule has 0 spiro atoms. The monoisotopic (exact) mass is 686 g/mol. The molecule has 0 rings (SSSR count). The Morgan fingerprint density at radius 1 is 0.702 bits per heavy atom. The second-order valence-electron chi connectivity index (χ2n) is 13.9. The van der Waals surface area contributed by atoms with Gasteiger partial charge in [0.25, 0.3) is 0 Å². The quantitative estimate of drug-likeness (QED) is 0.0275. The van der Waals surface area contributed by atoms with Gasteiger partial charge in [0.2, 0.25) is 5.91 Å². The molecular formula is C38H74N2O6P+. The maximum absolute atomic E-state index is 12.7. The summed E-state index contributed by atoms with van der Waals surface area (Å²) in [5, 5.41) is 13.7. The number of hydrogen-bond donors (Lipinski definition) is 3. The van der Waals surface area contributed by atoms with Crippen LogP contribution in [0.5, 0.6) is 0 Å². The van der Waals surface area contributed by atoms with Gasteiger partial charge in [-0.25, -0.2) is 4.57 Å². The van der Waals surface area contributed by atoms with Gasteiger partial charge >= 0.3 is 7.82 Å². The summed E-state index contributed by atoms with van der Waals surface area (Å²) in [5.74, 6) is -0.201. The lowest BCUT2D eigenvalue weighted by Gasteiger charge is -2.25. The Kier molecular flexibility index (Phi) is 29.9. The van der Waals surface area contributed by atoms with E-state index in [0.29, 0.717) is 17.4 Å². The number of likely N-dealkylation sites (N-methyl/N-ethyl adjacent to an activating group) is 1. The summed E-state index contributed by atoms with van der Waals surface area (Å²) >= 11 is 0. The van der Waals surface area contributed by atoms with Crippen molar-refractivity contribution in [3.63, 3.8) is 0 Å². The number of amides is 1. The molecule has 8 nitrogen and oxygen atoms in total. The summed E-state index contributed by atoms with van der Waals surface area (Å²) in [5.41, 5.74) is 0. The van der Waals surface area contributed by atoms with Gasteiger partial charge < -0.3 is 19.8 Å². The fourth-order valence-corrected chi connectivity index (χ4v) is 5.71.